The van der Waals surface area contributed by atoms with Crippen LogP contribution in [0.3, 0.4) is 0 Å². The number of sulfonamides is 1. The zero-order valence-corrected chi connectivity index (χ0v) is 30.4. The molecule has 0 saturated heterocycles. The molecule has 0 spiro atoms. The normalized spacial score (nSPS) is 17.4. The number of aromatic nitrogens is 1. The lowest BCUT2D eigenvalue weighted by atomic mass is 10.1. The van der Waals surface area contributed by atoms with Gasteiger partial charge in [-0.25, -0.2) is 13.4 Å². The highest BCUT2D eigenvalue weighted by atomic mass is 79.9. The van der Waals surface area contributed by atoms with Gasteiger partial charge in [0.05, 0.1) is 23.0 Å². The number of hydrogen-bond donors (Lipinski definition) is 3. The van der Waals surface area contributed by atoms with Crippen LogP contribution in [0.15, 0.2) is 65.1 Å². The number of amides is 1. The maximum atomic E-state index is 13.8. The Morgan fingerprint density at radius 3 is 2.41 bits per heavy atom. The van der Waals surface area contributed by atoms with Crippen molar-refractivity contribution in [2.75, 3.05) is 43.0 Å². The lowest BCUT2D eigenvalue weighted by Gasteiger charge is -2.27. The van der Waals surface area contributed by atoms with Gasteiger partial charge in [0.25, 0.3) is 5.91 Å². The molecule has 0 unspecified atom stereocenters. The van der Waals surface area contributed by atoms with Crippen LogP contribution in [0.2, 0.25) is 0 Å². The van der Waals surface area contributed by atoms with Crippen LogP contribution in [0.5, 0.6) is 5.75 Å². The number of halogens is 4. The van der Waals surface area contributed by atoms with Gasteiger partial charge in [-0.3, -0.25) is 9.10 Å². The van der Waals surface area contributed by atoms with Crippen molar-refractivity contribution in [2.45, 2.75) is 57.3 Å². The second-order valence-electron chi connectivity index (χ2n) is 12.7. The van der Waals surface area contributed by atoms with E-state index in [-0.39, 0.29) is 31.1 Å². The summed E-state index contributed by atoms with van der Waals surface area (Å²) in [4.78, 5) is 20.3. The van der Waals surface area contributed by atoms with Gasteiger partial charge in [0.2, 0.25) is 10.0 Å². The minimum Gasteiger partial charge on any atom is -0.491 e. The van der Waals surface area contributed by atoms with Gasteiger partial charge < -0.3 is 25.4 Å². The first-order valence-electron chi connectivity index (χ1n) is 15.9. The molecule has 1 heterocycles. The molecule has 1 aliphatic carbocycles. The molecule has 10 nitrogen and oxygen atoms in total. The molecular formula is C34H43BrF3N5O5S. The highest BCUT2D eigenvalue weighted by Gasteiger charge is 2.34. The fraction of sp³-hybridized carbons (Fsp3) is 0.471. The molecule has 15 heteroatoms. The summed E-state index contributed by atoms with van der Waals surface area (Å²) in [5.74, 6) is 1.38. The Morgan fingerprint density at radius 2 is 1.78 bits per heavy atom. The van der Waals surface area contributed by atoms with Gasteiger partial charge in [-0.05, 0) is 74.1 Å². The van der Waals surface area contributed by atoms with Crippen LogP contribution < -0.4 is 24.6 Å². The third-order valence-corrected chi connectivity index (χ3v) is 11.1. The summed E-state index contributed by atoms with van der Waals surface area (Å²) >= 11 is 3.39. The molecule has 3 N–H and O–H groups in total. The molecule has 49 heavy (non-hydrogen) atoms. The lowest BCUT2D eigenvalue weighted by Crippen LogP contribution is -2.50. The fourth-order valence-electron chi connectivity index (χ4n) is 5.14. The zero-order chi connectivity index (χ0) is 36.1. The molecule has 0 radical (unpaired) electrons. The molecule has 4 atom stereocenters. The van der Waals surface area contributed by atoms with E-state index in [1.54, 1.807) is 44.2 Å². The number of aliphatic hydroxyl groups excluding tert-OH is 1. The van der Waals surface area contributed by atoms with Crippen molar-refractivity contribution >= 4 is 43.5 Å². The summed E-state index contributed by atoms with van der Waals surface area (Å²) in [5.41, 5.74) is -0.284. The van der Waals surface area contributed by atoms with Gasteiger partial charge in [-0.1, -0.05) is 47.1 Å². The van der Waals surface area contributed by atoms with Gasteiger partial charge in [0.1, 0.15) is 24.0 Å². The van der Waals surface area contributed by atoms with Crippen LogP contribution in [-0.2, 0) is 22.7 Å². The molecule has 3 aromatic rings. The molecule has 1 saturated carbocycles. The summed E-state index contributed by atoms with van der Waals surface area (Å²) in [6.07, 6.45) is -4.65. The Balaban J connectivity index is 1.57. The number of alkyl halides is 3. The van der Waals surface area contributed by atoms with Crippen LogP contribution in [0.25, 0.3) is 0 Å². The van der Waals surface area contributed by atoms with Crippen molar-refractivity contribution in [3.8, 4) is 5.75 Å². The number of anilines is 2. The van der Waals surface area contributed by atoms with E-state index in [4.69, 9.17) is 4.74 Å². The Morgan fingerprint density at radius 1 is 1.10 bits per heavy atom. The largest absolute Gasteiger partial charge is 0.491 e. The zero-order valence-electron chi connectivity index (χ0n) is 28.0. The highest BCUT2D eigenvalue weighted by molar-refractivity contribution is 9.10. The Kier molecular flexibility index (Phi) is 12.6. The molecule has 4 rings (SSSR count). The predicted octanol–water partition coefficient (Wildman–Crippen LogP) is 5.46. The number of hydrogen-bond acceptors (Lipinski definition) is 8. The molecule has 268 valence electrons. The van der Waals surface area contributed by atoms with Crippen LogP contribution in [0.1, 0.15) is 48.7 Å². The van der Waals surface area contributed by atoms with Crippen molar-refractivity contribution in [3.05, 3.63) is 81.8 Å². The van der Waals surface area contributed by atoms with Crippen LogP contribution >= 0.6 is 15.9 Å². The average Bonchev–Trinajstić information content (AvgIpc) is 3.75. The van der Waals surface area contributed by atoms with E-state index in [0.29, 0.717) is 35.5 Å². The molecule has 1 amide bonds. The third-order valence-electron chi connectivity index (χ3n) is 8.48. The van der Waals surface area contributed by atoms with Gasteiger partial charge >= 0.3 is 6.18 Å². The molecule has 1 aromatic heterocycles. The molecular weight excluding hydrogens is 727 g/mol. The van der Waals surface area contributed by atoms with Crippen LogP contribution in [0.4, 0.5) is 24.8 Å². The Bertz CT molecular complexity index is 1710. The second-order valence-corrected chi connectivity index (χ2v) is 16.2. The molecule has 1 fully saturated rings. The van der Waals surface area contributed by atoms with Gasteiger partial charge in [0, 0.05) is 43.8 Å². The summed E-state index contributed by atoms with van der Waals surface area (Å²) in [6, 6.07) is 13.9. The Hall–Kier alpha value is -3.40. The highest BCUT2D eigenvalue weighted by Crippen LogP contribution is 2.39. The monoisotopic (exact) mass is 769 g/mol. The maximum Gasteiger partial charge on any atom is 0.416 e. The number of nitrogens with one attached hydrogen (secondary N) is 2. The standard InChI is InChI=1S/C34H43BrF3N5O5S/c1-21(2)49(46,47)43(5)32-15-24(14-31(41-32)42(4)19-25-12-22(25)3)33(45)40-29(20-48-28-11-7-10-27(35)16-28)30(44)18-39-17-23-8-6-9-26(13-23)34(36,37)38/h6-11,13-16,21-22,25,29-30,39,44H,12,17-20H2,1-5H3,(H,40,45)/t22-,25+,29-,30+/m0/s1. The van der Waals surface area contributed by atoms with Crippen molar-refractivity contribution in [1.29, 1.82) is 0 Å². The fourth-order valence-corrected chi connectivity index (χ4v) is 6.51. The Labute approximate surface area is 294 Å². The van der Waals surface area contributed by atoms with Crippen molar-refractivity contribution in [2.24, 2.45) is 11.8 Å². The van der Waals surface area contributed by atoms with Crippen LogP contribution in [-0.4, -0.2) is 75.6 Å². The summed E-state index contributed by atoms with van der Waals surface area (Å²) in [7, 11) is -0.545. The second kappa shape index (κ2) is 16.1. The van der Waals surface area contributed by atoms with E-state index in [2.05, 4.69) is 38.5 Å². The van der Waals surface area contributed by atoms with Crippen molar-refractivity contribution < 1.29 is 36.2 Å². The van der Waals surface area contributed by atoms with E-state index in [9.17, 15) is 31.5 Å². The molecule has 0 bridgehead atoms. The number of carbonyl (C=O) groups is 1. The number of carbonyl (C=O) groups excluding carboxylic acids is 1. The number of rotatable bonds is 16. The number of nitrogens with zero attached hydrogens (tertiary/aromatic N) is 3. The first kappa shape index (κ1) is 38.4. The first-order chi connectivity index (χ1) is 22.9. The minimum absolute atomic E-state index is 0.0355. The lowest BCUT2D eigenvalue weighted by molar-refractivity contribution is -0.137. The van der Waals surface area contributed by atoms with Crippen molar-refractivity contribution in [1.82, 2.24) is 15.6 Å². The molecule has 1 aliphatic rings. The molecule has 0 aliphatic heterocycles. The average molecular weight is 771 g/mol. The summed E-state index contributed by atoms with van der Waals surface area (Å²) in [6.45, 7) is 5.74. The van der Waals surface area contributed by atoms with Crippen molar-refractivity contribution in [3.63, 3.8) is 0 Å². The molecule has 2 aromatic carbocycles. The smallest absolute Gasteiger partial charge is 0.416 e. The third kappa shape index (κ3) is 10.5. The van der Waals surface area contributed by atoms with Gasteiger partial charge in [0.15, 0.2) is 0 Å². The quantitative estimate of drug-likeness (QED) is 0.176. The van der Waals surface area contributed by atoms with E-state index in [1.807, 2.05) is 18.0 Å². The van der Waals surface area contributed by atoms with E-state index >= 15 is 0 Å². The first-order valence-corrected chi connectivity index (χ1v) is 18.2. The topological polar surface area (TPSA) is 124 Å². The SMILES string of the molecule is CC(C)S(=O)(=O)N(C)c1cc(C(=O)N[C@@H](COc2cccc(Br)c2)[C@H](O)CNCc2cccc(C(F)(F)F)c2)cc(N(C)C[C@H]2C[C@@H]2C)n1. The summed E-state index contributed by atoms with van der Waals surface area (Å²) < 4.78 is 73.4. The predicted molar refractivity (Wildman–Crippen MR) is 187 cm³/mol. The summed E-state index contributed by atoms with van der Waals surface area (Å²) in [5, 5.41) is 16.3. The van der Waals surface area contributed by atoms with E-state index < -0.39 is 45.1 Å². The van der Waals surface area contributed by atoms with E-state index in [1.165, 1.54) is 19.2 Å². The number of ether oxygens (including phenoxy) is 1. The van der Waals surface area contributed by atoms with Gasteiger partial charge in [-0.15, -0.1) is 0 Å². The van der Waals surface area contributed by atoms with E-state index in [0.717, 1.165) is 27.3 Å². The van der Waals surface area contributed by atoms with Gasteiger partial charge in [-0.2, -0.15) is 13.2 Å². The number of aliphatic hydroxyl groups is 1. The maximum absolute atomic E-state index is 13.8. The number of benzene rings is 2. The number of pyridine rings is 1. The minimum atomic E-state index is -4.49. The van der Waals surface area contributed by atoms with Crippen LogP contribution in [0, 0.1) is 11.8 Å².